The highest BCUT2D eigenvalue weighted by Crippen LogP contribution is 2.44. The Morgan fingerprint density at radius 3 is 0.938 bits per heavy atom. The van der Waals surface area contributed by atoms with E-state index in [2.05, 4.69) is 205 Å². The van der Waals surface area contributed by atoms with Gasteiger partial charge in [0.2, 0.25) is 0 Å². The minimum atomic E-state index is -0.518. The van der Waals surface area contributed by atoms with E-state index in [1.54, 1.807) is 0 Å². The van der Waals surface area contributed by atoms with Crippen LogP contribution < -0.4 is 21.3 Å². The van der Waals surface area contributed by atoms with Gasteiger partial charge in [0.25, 0.3) is 0 Å². The standard InChI is InChI=1S/C56H66N8/c1-5-9-29-53(33-13-17-37-57-53)49-41-21-23-43(61-41)50(54(30-10-6-2)34-14-18-38-58-54)45-25-27-47(63-45)52(56(32-12-8-4)36-16-20-40-60-56)48-28-26-46(64-48)51(44-24-22-42(49)62-44)55(31-11-7-3)35-15-19-39-59-55/h13-28,33-40,57-62H,5-12,29-32H2,1-4H3. The fourth-order valence-electron chi connectivity index (χ4n) is 10.7. The molecule has 8 bridgehead atoms. The quantitative estimate of drug-likeness (QED) is 0.0591. The van der Waals surface area contributed by atoms with E-state index < -0.39 is 22.2 Å². The Balaban J connectivity index is 1.47. The highest BCUT2D eigenvalue weighted by Gasteiger charge is 2.39. The van der Waals surface area contributed by atoms with E-state index >= 15 is 0 Å². The van der Waals surface area contributed by atoms with E-state index in [-0.39, 0.29) is 0 Å². The van der Waals surface area contributed by atoms with Crippen molar-refractivity contribution in [3.05, 3.63) is 167 Å². The molecule has 0 spiro atoms. The molecule has 9 rings (SSSR count). The molecule has 0 aromatic carbocycles. The van der Waals surface area contributed by atoms with Crippen molar-refractivity contribution in [2.45, 2.75) is 127 Å². The van der Waals surface area contributed by atoms with Gasteiger partial charge in [-0.1, -0.05) is 128 Å². The van der Waals surface area contributed by atoms with E-state index in [9.17, 15) is 0 Å². The van der Waals surface area contributed by atoms with Gasteiger partial charge in [-0.2, -0.15) is 0 Å². The van der Waals surface area contributed by atoms with Crippen molar-refractivity contribution in [2.24, 2.45) is 0 Å². The summed E-state index contributed by atoms with van der Waals surface area (Å²) in [5.74, 6) is 0. The number of rotatable bonds is 16. The molecule has 0 radical (unpaired) electrons. The second-order valence-electron chi connectivity index (χ2n) is 18.3. The SMILES string of the molecule is CCCCC1(c2c3nc(c(C4(CCCC)C=CC=CN4)c4ccc([nH]4)c(C4(CCCC)C=CC=CN4)c4ccc([nH]4)c(C4(CCCC)C=CC=CN4)c4nc2C=C4)C=C3)C=CC=CN1. The molecule has 3 aromatic heterocycles. The molecule has 0 saturated heterocycles. The minimum Gasteiger partial charge on any atom is -0.378 e. The second kappa shape index (κ2) is 18.4. The Morgan fingerprint density at radius 2 is 0.641 bits per heavy atom. The third kappa shape index (κ3) is 7.86. The van der Waals surface area contributed by atoms with E-state index in [0.717, 1.165) is 139 Å². The lowest BCUT2D eigenvalue weighted by Gasteiger charge is -2.35. The molecular weight excluding hydrogens is 785 g/mol. The number of unbranched alkanes of at least 4 members (excludes halogenated alkanes) is 4. The molecule has 4 atom stereocenters. The largest absolute Gasteiger partial charge is 0.378 e. The van der Waals surface area contributed by atoms with Crippen LogP contribution in [0.3, 0.4) is 0 Å². The molecule has 64 heavy (non-hydrogen) atoms. The molecule has 6 N–H and O–H groups in total. The third-order valence-corrected chi connectivity index (χ3v) is 14.0. The number of H-pyrrole nitrogens is 2. The van der Waals surface area contributed by atoms with Crippen molar-refractivity contribution < 1.29 is 0 Å². The van der Waals surface area contributed by atoms with E-state index in [1.165, 1.54) is 5.56 Å². The van der Waals surface area contributed by atoms with Crippen LogP contribution in [0.5, 0.6) is 0 Å². The number of aromatic nitrogens is 4. The number of dihydropyridines is 4. The van der Waals surface area contributed by atoms with Crippen LogP contribution in [0.15, 0.2) is 122 Å². The zero-order valence-corrected chi connectivity index (χ0v) is 38.2. The van der Waals surface area contributed by atoms with Crippen LogP contribution in [-0.4, -0.2) is 19.9 Å². The van der Waals surface area contributed by atoms with Crippen molar-refractivity contribution in [3.63, 3.8) is 0 Å². The van der Waals surface area contributed by atoms with Gasteiger partial charge < -0.3 is 31.2 Å². The van der Waals surface area contributed by atoms with Crippen LogP contribution in [0.25, 0.3) is 46.4 Å². The van der Waals surface area contributed by atoms with E-state index in [1.807, 2.05) is 0 Å². The smallest absolute Gasteiger partial charge is 0.0850 e. The number of nitrogens with zero attached hydrogens (tertiary/aromatic N) is 2. The molecule has 0 aliphatic carbocycles. The number of fused-ring (bicyclic) bond motifs is 8. The van der Waals surface area contributed by atoms with Crippen molar-refractivity contribution in [3.8, 4) is 0 Å². The van der Waals surface area contributed by atoms with Gasteiger partial charge in [0.05, 0.1) is 44.9 Å². The summed E-state index contributed by atoms with van der Waals surface area (Å²) in [5, 5.41) is 15.5. The predicted octanol–water partition coefficient (Wildman–Crippen LogP) is 12.9. The van der Waals surface area contributed by atoms with Crippen molar-refractivity contribution in [2.75, 3.05) is 0 Å². The van der Waals surface area contributed by atoms with Gasteiger partial charge in [-0.15, -0.1) is 0 Å². The van der Waals surface area contributed by atoms with Gasteiger partial charge in [0.1, 0.15) is 0 Å². The first-order valence-electron chi connectivity index (χ1n) is 24.1. The summed E-state index contributed by atoms with van der Waals surface area (Å²) in [5.41, 5.74) is 10.5. The maximum absolute atomic E-state index is 5.75. The molecule has 4 unspecified atom stereocenters. The Bertz CT molecular complexity index is 2570. The lowest BCUT2D eigenvalue weighted by molar-refractivity contribution is 0.414. The number of aromatic amines is 2. The number of nitrogens with one attached hydrogen (secondary N) is 6. The Hall–Kier alpha value is -6.28. The third-order valence-electron chi connectivity index (χ3n) is 14.0. The van der Waals surface area contributed by atoms with Gasteiger partial charge in [0.15, 0.2) is 0 Å². The van der Waals surface area contributed by atoms with Crippen LogP contribution in [-0.2, 0) is 22.2 Å². The van der Waals surface area contributed by atoms with Crippen LogP contribution >= 0.6 is 0 Å². The summed E-state index contributed by atoms with van der Waals surface area (Å²) in [6, 6.07) is 9.15. The van der Waals surface area contributed by atoms with Gasteiger partial charge in [-0.3, -0.25) is 0 Å². The van der Waals surface area contributed by atoms with E-state index in [0.29, 0.717) is 0 Å². The molecule has 6 aliphatic rings. The zero-order valence-electron chi connectivity index (χ0n) is 38.2. The number of hydrogen-bond donors (Lipinski definition) is 6. The average molecular weight is 851 g/mol. The summed E-state index contributed by atoms with van der Waals surface area (Å²) < 4.78 is 0. The molecule has 0 fully saturated rings. The lowest BCUT2D eigenvalue weighted by Crippen LogP contribution is -2.40. The van der Waals surface area contributed by atoms with Crippen LogP contribution in [0, 0.1) is 0 Å². The monoisotopic (exact) mass is 851 g/mol. The lowest BCUT2D eigenvalue weighted by atomic mass is 9.81. The molecule has 6 aliphatic heterocycles. The number of allylic oxidation sites excluding steroid dienone is 8. The Morgan fingerprint density at radius 1 is 0.359 bits per heavy atom. The molecular formula is C56H66N8. The first-order valence-corrected chi connectivity index (χ1v) is 24.1. The van der Waals surface area contributed by atoms with Crippen molar-refractivity contribution in [1.82, 2.24) is 41.2 Å². The predicted molar refractivity (Wildman–Crippen MR) is 269 cm³/mol. The van der Waals surface area contributed by atoms with Crippen molar-refractivity contribution in [1.29, 1.82) is 0 Å². The maximum Gasteiger partial charge on any atom is 0.0850 e. The average Bonchev–Trinajstić information content (AvgIpc) is 4.19. The van der Waals surface area contributed by atoms with Gasteiger partial charge in [-0.25, -0.2) is 9.97 Å². The molecule has 8 nitrogen and oxygen atoms in total. The summed E-state index contributed by atoms with van der Waals surface area (Å²) in [4.78, 5) is 19.7. The highest BCUT2D eigenvalue weighted by atomic mass is 15.0. The normalized spacial score (nSPS) is 24.8. The molecule has 9 heterocycles. The summed E-state index contributed by atoms with van der Waals surface area (Å²) >= 11 is 0. The fourth-order valence-corrected chi connectivity index (χ4v) is 10.7. The minimum absolute atomic E-state index is 0.471. The van der Waals surface area contributed by atoms with Crippen molar-refractivity contribution >= 4 is 46.4 Å². The summed E-state index contributed by atoms with van der Waals surface area (Å²) in [6.45, 7) is 9.09. The maximum atomic E-state index is 5.75. The second-order valence-corrected chi connectivity index (χ2v) is 18.3. The van der Waals surface area contributed by atoms with Gasteiger partial charge >= 0.3 is 0 Å². The van der Waals surface area contributed by atoms with Gasteiger partial charge in [0, 0.05) is 44.3 Å². The number of hydrogen-bond acceptors (Lipinski definition) is 6. The molecule has 0 amide bonds. The zero-order chi connectivity index (χ0) is 44.0. The highest BCUT2D eigenvalue weighted by molar-refractivity contribution is 5.86. The summed E-state index contributed by atoms with van der Waals surface area (Å²) in [6.07, 6.45) is 56.0. The first-order chi connectivity index (χ1) is 31.4. The van der Waals surface area contributed by atoms with Crippen LogP contribution in [0.4, 0.5) is 0 Å². The Kier molecular flexibility index (Phi) is 12.4. The molecule has 330 valence electrons. The van der Waals surface area contributed by atoms with Crippen LogP contribution in [0.1, 0.15) is 150 Å². The van der Waals surface area contributed by atoms with Crippen LogP contribution in [0.2, 0.25) is 0 Å². The Labute approximate surface area is 380 Å². The van der Waals surface area contributed by atoms with E-state index in [4.69, 9.17) is 9.97 Å². The first kappa shape index (κ1) is 43.0. The topological polar surface area (TPSA) is 105 Å². The van der Waals surface area contributed by atoms with Gasteiger partial charge in [-0.05, 0) is 123 Å². The fraction of sp³-hybridized carbons (Fsp3) is 0.357. The molecule has 0 saturated carbocycles. The summed E-state index contributed by atoms with van der Waals surface area (Å²) in [7, 11) is 0. The molecule has 8 heteroatoms. The molecule has 3 aromatic rings.